The first-order valence-electron chi connectivity index (χ1n) is 7.82. The Labute approximate surface area is 140 Å². The van der Waals surface area contributed by atoms with E-state index in [0.717, 1.165) is 33.4 Å². The number of benzene rings is 3. The fraction of sp³-hybridized carbons (Fsp3) is 0.0952. The molecule has 0 amide bonds. The maximum atomic E-state index is 12.3. The molecule has 0 saturated heterocycles. The molecule has 1 aliphatic rings. The van der Waals surface area contributed by atoms with Crippen LogP contribution in [0.1, 0.15) is 11.1 Å². The van der Waals surface area contributed by atoms with Crippen molar-refractivity contribution < 1.29 is 14.3 Å². The van der Waals surface area contributed by atoms with Crippen molar-refractivity contribution in [2.75, 3.05) is 7.11 Å². The third kappa shape index (κ3) is 2.44. The van der Waals surface area contributed by atoms with E-state index in [1.807, 2.05) is 54.6 Å². The van der Waals surface area contributed by atoms with Crippen LogP contribution < -0.4 is 4.74 Å². The quantitative estimate of drug-likeness (QED) is 0.608. The molecule has 118 valence electrons. The fourth-order valence-electron chi connectivity index (χ4n) is 3.10. The third-order valence-electron chi connectivity index (χ3n) is 4.28. The molecule has 0 aliphatic carbocycles. The molecule has 0 unspecified atom stereocenters. The van der Waals surface area contributed by atoms with Gasteiger partial charge >= 0.3 is 5.97 Å². The van der Waals surface area contributed by atoms with Crippen molar-refractivity contribution in [1.29, 1.82) is 0 Å². The highest BCUT2D eigenvalue weighted by Gasteiger charge is 2.20. The molecular formula is C21H16O3. The summed E-state index contributed by atoms with van der Waals surface area (Å²) in [5.41, 5.74) is 2.49. The number of ether oxygens (including phenoxy) is 2. The van der Waals surface area contributed by atoms with Crippen molar-refractivity contribution in [3.05, 3.63) is 77.4 Å². The van der Waals surface area contributed by atoms with E-state index in [0.29, 0.717) is 12.0 Å². The number of hydrogen-bond donors (Lipinski definition) is 0. The van der Waals surface area contributed by atoms with Gasteiger partial charge in [-0.25, -0.2) is 4.79 Å². The molecule has 24 heavy (non-hydrogen) atoms. The third-order valence-corrected chi connectivity index (χ3v) is 4.28. The summed E-state index contributed by atoms with van der Waals surface area (Å²) >= 11 is 0. The Morgan fingerprint density at radius 1 is 0.958 bits per heavy atom. The van der Waals surface area contributed by atoms with Gasteiger partial charge in [0, 0.05) is 23.1 Å². The second kappa shape index (κ2) is 5.85. The predicted octanol–water partition coefficient (Wildman–Crippen LogP) is 4.74. The number of methoxy groups -OCH3 is 1. The van der Waals surface area contributed by atoms with E-state index in [1.54, 1.807) is 0 Å². The summed E-state index contributed by atoms with van der Waals surface area (Å²) in [4.78, 5) is 12.3. The first-order valence-corrected chi connectivity index (χ1v) is 7.82. The second-order valence-electron chi connectivity index (χ2n) is 5.74. The Kier molecular flexibility index (Phi) is 3.54. The number of hydrogen-bond acceptors (Lipinski definition) is 3. The monoisotopic (exact) mass is 316 g/mol. The van der Waals surface area contributed by atoms with E-state index in [9.17, 15) is 4.79 Å². The molecule has 3 aromatic rings. The number of fused-ring (bicyclic) bond motifs is 4. The lowest BCUT2D eigenvalue weighted by Gasteiger charge is -2.19. The zero-order chi connectivity index (χ0) is 16.5. The Bertz CT molecular complexity index is 970. The fourth-order valence-corrected chi connectivity index (χ4v) is 3.10. The van der Waals surface area contributed by atoms with E-state index in [2.05, 4.69) is 12.1 Å². The summed E-state index contributed by atoms with van der Waals surface area (Å²) in [5, 5.41) is 2.21. The maximum Gasteiger partial charge on any atom is 0.334 e. The highest BCUT2D eigenvalue weighted by atomic mass is 16.5. The van der Waals surface area contributed by atoms with Crippen molar-refractivity contribution in [3.8, 4) is 11.5 Å². The minimum Gasteiger partial charge on any atom is -0.466 e. The molecule has 0 spiro atoms. The zero-order valence-electron chi connectivity index (χ0n) is 13.3. The van der Waals surface area contributed by atoms with Crippen molar-refractivity contribution in [1.82, 2.24) is 0 Å². The molecular weight excluding hydrogens is 300 g/mol. The van der Waals surface area contributed by atoms with Gasteiger partial charge in [0.05, 0.1) is 7.11 Å². The second-order valence-corrected chi connectivity index (χ2v) is 5.74. The Balaban J connectivity index is 1.98. The topological polar surface area (TPSA) is 35.5 Å². The van der Waals surface area contributed by atoms with Crippen LogP contribution in [0.3, 0.4) is 0 Å². The molecule has 3 heteroatoms. The van der Waals surface area contributed by atoms with Crippen LogP contribution in [0.2, 0.25) is 0 Å². The van der Waals surface area contributed by atoms with Gasteiger partial charge in [0.25, 0.3) is 0 Å². The van der Waals surface area contributed by atoms with Crippen LogP contribution in [0.5, 0.6) is 11.5 Å². The first kappa shape index (κ1) is 14.5. The van der Waals surface area contributed by atoms with Gasteiger partial charge < -0.3 is 9.47 Å². The van der Waals surface area contributed by atoms with Gasteiger partial charge in [-0.2, -0.15) is 0 Å². The lowest BCUT2D eigenvalue weighted by atomic mass is 9.95. The van der Waals surface area contributed by atoms with Crippen LogP contribution in [0, 0.1) is 0 Å². The van der Waals surface area contributed by atoms with Crippen molar-refractivity contribution in [2.45, 2.75) is 6.42 Å². The maximum absolute atomic E-state index is 12.3. The van der Waals surface area contributed by atoms with Crippen LogP contribution in [-0.2, 0) is 16.0 Å². The Morgan fingerprint density at radius 2 is 1.75 bits per heavy atom. The molecule has 4 rings (SSSR count). The van der Waals surface area contributed by atoms with E-state index in [4.69, 9.17) is 9.47 Å². The van der Waals surface area contributed by atoms with Gasteiger partial charge in [0.15, 0.2) is 0 Å². The molecule has 3 aromatic carbocycles. The minimum atomic E-state index is -0.314. The van der Waals surface area contributed by atoms with Crippen molar-refractivity contribution >= 4 is 22.8 Å². The molecule has 1 aliphatic heterocycles. The zero-order valence-corrected chi connectivity index (χ0v) is 13.3. The minimum absolute atomic E-state index is 0.314. The number of esters is 1. The first-order chi connectivity index (χ1) is 11.8. The summed E-state index contributed by atoms with van der Waals surface area (Å²) < 4.78 is 11.1. The summed E-state index contributed by atoms with van der Waals surface area (Å²) in [7, 11) is 1.41. The molecule has 1 heterocycles. The molecule has 0 bridgehead atoms. The number of carbonyl (C=O) groups is 1. The molecule has 3 nitrogen and oxygen atoms in total. The average Bonchev–Trinajstić information content (AvgIpc) is 2.61. The van der Waals surface area contributed by atoms with Crippen LogP contribution in [0.4, 0.5) is 0 Å². The summed E-state index contributed by atoms with van der Waals surface area (Å²) in [6.07, 6.45) is 2.32. The van der Waals surface area contributed by atoms with Gasteiger partial charge in [-0.05, 0) is 29.0 Å². The molecule has 0 atom stereocenters. The van der Waals surface area contributed by atoms with E-state index < -0.39 is 0 Å². The van der Waals surface area contributed by atoms with Crippen LogP contribution in [0.15, 0.2) is 66.2 Å². The molecule has 0 aromatic heterocycles. The van der Waals surface area contributed by atoms with Gasteiger partial charge in [0.1, 0.15) is 11.5 Å². The summed E-state index contributed by atoms with van der Waals surface area (Å²) in [5.74, 6) is 1.19. The van der Waals surface area contributed by atoms with E-state index in [-0.39, 0.29) is 5.97 Å². The smallest absolute Gasteiger partial charge is 0.334 e. The predicted molar refractivity (Wildman–Crippen MR) is 94.2 cm³/mol. The SMILES string of the molecule is COC(=O)/C1=C/c2ccccc2Oc2ccc3ccccc3c2C1. The molecule has 0 N–H and O–H groups in total. The van der Waals surface area contributed by atoms with Gasteiger partial charge in [0.2, 0.25) is 0 Å². The standard InChI is InChI=1S/C21H16O3/c1-23-21(22)16-12-15-7-3-5-9-19(15)24-20-11-10-14-6-2-4-8-17(14)18(20)13-16/h2-12H,13H2,1H3/b16-12+. The Morgan fingerprint density at radius 3 is 2.62 bits per heavy atom. The molecule has 0 fully saturated rings. The molecule has 0 saturated carbocycles. The molecule has 0 radical (unpaired) electrons. The van der Waals surface area contributed by atoms with Crippen LogP contribution in [0.25, 0.3) is 16.8 Å². The van der Waals surface area contributed by atoms with Crippen molar-refractivity contribution in [2.24, 2.45) is 0 Å². The lowest BCUT2D eigenvalue weighted by Crippen LogP contribution is -2.10. The van der Waals surface area contributed by atoms with Gasteiger partial charge in [-0.1, -0.05) is 48.5 Å². The largest absolute Gasteiger partial charge is 0.466 e. The Hall–Kier alpha value is -3.07. The van der Waals surface area contributed by atoms with Crippen LogP contribution >= 0.6 is 0 Å². The van der Waals surface area contributed by atoms with E-state index >= 15 is 0 Å². The van der Waals surface area contributed by atoms with Crippen molar-refractivity contribution in [3.63, 3.8) is 0 Å². The normalized spacial score (nSPS) is 15.1. The number of carbonyl (C=O) groups excluding carboxylic acids is 1. The number of para-hydroxylation sites is 1. The lowest BCUT2D eigenvalue weighted by molar-refractivity contribution is -0.136. The number of rotatable bonds is 1. The van der Waals surface area contributed by atoms with E-state index in [1.165, 1.54) is 7.11 Å². The average molecular weight is 316 g/mol. The van der Waals surface area contributed by atoms with Crippen LogP contribution in [-0.4, -0.2) is 13.1 Å². The highest BCUT2D eigenvalue weighted by molar-refractivity contribution is 5.97. The summed E-state index contributed by atoms with van der Waals surface area (Å²) in [6.45, 7) is 0. The highest BCUT2D eigenvalue weighted by Crippen LogP contribution is 2.37. The van der Waals surface area contributed by atoms with Gasteiger partial charge in [-0.15, -0.1) is 0 Å². The van der Waals surface area contributed by atoms with Gasteiger partial charge in [-0.3, -0.25) is 0 Å². The summed E-state index contributed by atoms with van der Waals surface area (Å²) in [6, 6.07) is 19.8.